The largest absolute Gasteiger partial charge is 0.492 e. The van der Waals surface area contributed by atoms with Crippen LogP contribution < -0.4 is 10.1 Å². The third kappa shape index (κ3) is 5.19. The van der Waals surface area contributed by atoms with Crippen LogP contribution >= 0.6 is 0 Å². The number of nitrogens with zero attached hydrogens (tertiary/aromatic N) is 1. The molecule has 0 saturated carbocycles. The summed E-state index contributed by atoms with van der Waals surface area (Å²) < 4.78 is 11.2. The Balaban J connectivity index is 1.69. The lowest BCUT2D eigenvalue weighted by atomic mass is 10.2. The lowest BCUT2D eigenvalue weighted by Crippen LogP contribution is -2.30. The Morgan fingerprint density at radius 2 is 2.05 bits per heavy atom. The SMILES string of the molecule is CNCc1ccc(OCCN2CCCOCC2)cc1. The summed E-state index contributed by atoms with van der Waals surface area (Å²) in [5.74, 6) is 0.950. The molecule has 1 aliphatic rings. The second kappa shape index (κ2) is 8.15. The predicted molar refractivity (Wildman–Crippen MR) is 76.6 cm³/mol. The first kappa shape index (κ1) is 14.3. The van der Waals surface area contributed by atoms with Gasteiger partial charge in [0, 0.05) is 32.8 Å². The van der Waals surface area contributed by atoms with Crippen molar-refractivity contribution < 1.29 is 9.47 Å². The Morgan fingerprint density at radius 1 is 1.21 bits per heavy atom. The van der Waals surface area contributed by atoms with Crippen LogP contribution in [0.4, 0.5) is 0 Å². The van der Waals surface area contributed by atoms with Crippen molar-refractivity contribution in [2.24, 2.45) is 0 Å². The minimum absolute atomic E-state index is 0.741. The number of hydrogen-bond donors (Lipinski definition) is 1. The van der Waals surface area contributed by atoms with Gasteiger partial charge < -0.3 is 14.8 Å². The molecule has 1 aromatic rings. The fourth-order valence-corrected chi connectivity index (χ4v) is 2.22. The standard InChI is InChI=1S/C15H24N2O2/c1-16-13-14-3-5-15(6-4-14)19-12-9-17-7-2-10-18-11-8-17/h3-6,16H,2,7-13H2,1H3. The molecule has 0 unspecified atom stereocenters. The molecule has 19 heavy (non-hydrogen) atoms. The Bertz CT molecular complexity index is 346. The van der Waals surface area contributed by atoms with Crippen molar-refractivity contribution in [3.8, 4) is 5.75 Å². The van der Waals surface area contributed by atoms with E-state index < -0.39 is 0 Å². The summed E-state index contributed by atoms with van der Waals surface area (Å²) in [6.07, 6.45) is 1.12. The summed E-state index contributed by atoms with van der Waals surface area (Å²) in [4.78, 5) is 2.41. The van der Waals surface area contributed by atoms with Crippen molar-refractivity contribution in [3.05, 3.63) is 29.8 Å². The van der Waals surface area contributed by atoms with Crippen LogP contribution in [0.25, 0.3) is 0 Å². The molecule has 0 bridgehead atoms. The fourth-order valence-electron chi connectivity index (χ4n) is 2.22. The van der Waals surface area contributed by atoms with E-state index in [9.17, 15) is 0 Å². The minimum atomic E-state index is 0.741. The van der Waals surface area contributed by atoms with E-state index in [0.717, 1.165) is 58.2 Å². The van der Waals surface area contributed by atoms with Crippen molar-refractivity contribution in [2.45, 2.75) is 13.0 Å². The van der Waals surface area contributed by atoms with Crippen molar-refractivity contribution in [1.29, 1.82) is 0 Å². The summed E-state index contributed by atoms with van der Waals surface area (Å²) in [7, 11) is 1.95. The highest BCUT2D eigenvalue weighted by atomic mass is 16.5. The molecule has 4 heteroatoms. The minimum Gasteiger partial charge on any atom is -0.492 e. The van der Waals surface area contributed by atoms with Crippen molar-refractivity contribution >= 4 is 0 Å². The topological polar surface area (TPSA) is 33.7 Å². The molecule has 1 N–H and O–H groups in total. The smallest absolute Gasteiger partial charge is 0.119 e. The van der Waals surface area contributed by atoms with Gasteiger partial charge >= 0.3 is 0 Å². The first-order chi connectivity index (χ1) is 9.38. The first-order valence-electron chi connectivity index (χ1n) is 7.05. The van der Waals surface area contributed by atoms with Crippen molar-refractivity contribution in [2.75, 3.05) is 46.5 Å². The summed E-state index contributed by atoms with van der Waals surface area (Å²) >= 11 is 0. The van der Waals surface area contributed by atoms with E-state index in [-0.39, 0.29) is 0 Å². The maximum absolute atomic E-state index is 5.78. The number of benzene rings is 1. The van der Waals surface area contributed by atoms with Crippen LogP contribution in [-0.2, 0) is 11.3 Å². The zero-order chi connectivity index (χ0) is 13.3. The second-order valence-electron chi connectivity index (χ2n) is 4.83. The summed E-state index contributed by atoms with van der Waals surface area (Å²) in [5, 5.41) is 3.14. The average molecular weight is 264 g/mol. The molecule has 106 valence electrons. The van der Waals surface area contributed by atoms with Gasteiger partial charge in [-0.25, -0.2) is 0 Å². The van der Waals surface area contributed by atoms with E-state index in [0.29, 0.717) is 0 Å². The second-order valence-corrected chi connectivity index (χ2v) is 4.83. The van der Waals surface area contributed by atoms with E-state index in [2.05, 4.69) is 22.3 Å². The molecule has 0 amide bonds. The fraction of sp³-hybridized carbons (Fsp3) is 0.600. The van der Waals surface area contributed by atoms with Gasteiger partial charge in [-0.2, -0.15) is 0 Å². The molecule has 0 aliphatic carbocycles. The van der Waals surface area contributed by atoms with Gasteiger partial charge in [-0.1, -0.05) is 12.1 Å². The lowest BCUT2D eigenvalue weighted by Gasteiger charge is -2.19. The molecule has 1 saturated heterocycles. The molecule has 2 rings (SSSR count). The molecule has 0 atom stereocenters. The van der Waals surface area contributed by atoms with Gasteiger partial charge in [-0.3, -0.25) is 4.90 Å². The highest BCUT2D eigenvalue weighted by Gasteiger charge is 2.08. The van der Waals surface area contributed by atoms with Crippen LogP contribution in [0, 0.1) is 0 Å². The molecular formula is C15H24N2O2. The zero-order valence-electron chi connectivity index (χ0n) is 11.7. The van der Waals surface area contributed by atoms with Gasteiger partial charge in [0.1, 0.15) is 12.4 Å². The maximum atomic E-state index is 5.78. The van der Waals surface area contributed by atoms with E-state index in [1.54, 1.807) is 0 Å². The molecule has 0 spiro atoms. The number of ether oxygens (including phenoxy) is 2. The predicted octanol–water partition coefficient (Wildman–Crippen LogP) is 1.51. The Morgan fingerprint density at radius 3 is 2.84 bits per heavy atom. The molecule has 1 aromatic carbocycles. The Kier molecular flexibility index (Phi) is 6.14. The molecule has 4 nitrogen and oxygen atoms in total. The van der Waals surface area contributed by atoms with Gasteiger partial charge in [0.15, 0.2) is 0 Å². The van der Waals surface area contributed by atoms with E-state index >= 15 is 0 Å². The van der Waals surface area contributed by atoms with E-state index in [1.807, 2.05) is 19.2 Å². The Hall–Kier alpha value is -1.10. The maximum Gasteiger partial charge on any atom is 0.119 e. The molecule has 0 aromatic heterocycles. The lowest BCUT2D eigenvalue weighted by molar-refractivity contribution is 0.137. The number of hydrogen-bond acceptors (Lipinski definition) is 4. The van der Waals surface area contributed by atoms with Crippen LogP contribution in [0.1, 0.15) is 12.0 Å². The van der Waals surface area contributed by atoms with Gasteiger partial charge in [-0.15, -0.1) is 0 Å². The van der Waals surface area contributed by atoms with Crippen LogP contribution in [0.15, 0.2) is 24.3 Å². The Labute approximate surface area is 115 Å². The van der Waals surface area contributed by atoms with Crippen LogP contribution in [-0.4, -0.2) is 51.4 Å². The summed E-state index contributed by atoms with van der Waals surface area (Å²) in [6.45, 7) is 6.49. The summed E-state index contributed by atoms with van der Waals surface area (Å²) in [5.41, 5.74) is 1.28. The van der Waals surface area contributed by atoms with Gasteiger partial charge in [-0.05, 0) is 31.2 Å². The highest BCUT2D eigenvalue weighted by molar-refractivity contribution is 5.27. The molecule has 1 aliphatic heterocycles. The first-order valence-corrected chi connectivity index (χ1v) is 7.05. The van der Waals surface area contributed by atoms with Gasteiger partial charge in [0.25, 0.3) is 0 Å². The highest BCUT2D eigenvalue weighted by Crippen LogP contribution is 2.12. The third-order valence-corrected chi connectivity index (χ3v) is 3.30. The van der Waals surface area contributed by atoms with Crippen LogP contribution in [0.5, 0.6) is 5.75 Å². The van der Waals surface area contributed by atoms with E-state index in [1.165, 1.54) is 5.56 Å². The van der Waals surface area contributed by atoms with Gasteiger partial charge in [0.2, 0.25) is 0 Å². The quantitative estimate of drug-likeness (QED) is 0.844. The van der Waals surface area contributed by atoms with Crippen LogP contribution in [0.3, 0.4) is 0 Å². The molecule has 0 radical (unpaired) electrons. The average Bonchev–Trinajstić information content (AvgIpc) is 2.70. The summed E-state index contributed by atoms with van der Waals surface area (Å²) in [6, 6.07) is 8.29. The normalized spacial score (nSPS) is 17.1. The molecule has 1 fully saturated rings. The van der Waals surface area contributed by atoms with E-state index in [4.69, 9.17) is 9.47 Å². The molecular weight excluding hydrogens is 240 g/mol. The monoisotopic (exact) mass is 264 g/mol. The third-order valence-electron chi connectivity index (χ3n) is 3.30. The number of rotatable bonds is 6. The van der Waals surface area contributed by atoms with Crippen LogP contribution in [0.2, 0.25) is 0 Å². The van der Waals surface area contributed by atoms with Gasteiger partial charge in [0.05, 0.1) is 6.61 Å². The van der Waals surface area contributed by atoms with Crippen molar-refractivity contribution in [1.82, 2.24) is 10.2 Å². The zero-order valence-corrected chi connectivity index (χ0v) is 11.7. The molecule has 1 heterocycles. The van der Waals surface area contributed by atoms with Crippen molar-refractivity contribution in [3.63, 3.8) is 0 Å². The number of nitrogens with one attached hydrogen (secondary N) is 1.